The molecule has 0 aliphatic heterocycles. The molecule has 0 radical (unpaired) electrons. The van der Waals surface area contributed by atoms with Gasteiger partial charge in [0, 0.05) is 25.8 Å². The van der Waals surface area contributed by atoms with Gasteiger partial charge in [0.05, 0.1) is 11.6 Å². The summed E-state index contributed by atoms with van der Waals surface area (Å²) in [6, 6.07) is 4.93. The van der Waals surface area contributed by atoms with Crippen molar-refractivity contribution in [2.24, 2.45) is 0 Å². The lowest BCUT2D eigenvalue weighted by Gasteiger charge is -2.30. The number of rotatable bonds is 6. The summed E-state index contributed by atoms with van der Waals surface area (Å²) >= 11 is 6.02. The van der Waals surface area contributed by atoms with Crippen molar-refractivity contribution in [2.45, 2.75) is 43.0 Å². The Morgan fingerprint density at radius 1 is 1.20 bits per heavy atom. The predicted molar refractivity (Wildman–Crippen MR) is 100 cm³/mol. The van der Waals surface area contributed by atoms with E-state index in [0.717, 1.165) is 17.1 Å². The van der Waals surface area contributed by atoms with E-state index in [1.165, 1.54) is 45.5 Å². The third-order valence-electron chi connectivity index (χ3n) is 4.56. The summed E-state index contributed by atoms with van der Waals surface area (Å²) in [6.45, 7) is 0.281. The molecule has 0 saturated heterocycles. The number of sulfonamides is 1. The van der Waals surface area contributed by atoms with Crippen molar-refractivity contribution in [1.29, 1.82) is 0 Å². The first-order valence-electron chi connectivity index (χ1n) is 8.44. The van der Waals surface area contributed by atoms with Crippen molar-refractivity contribution < 1.29 is 13.2 Å². The van der Waals surface area contributed by atoms with Crippen molar-refractivity contribution in [3.63, 3.8) is 0 Å². The highest BCUT2D eigenvalue weighted by atomic mass is 35.5. The van der Waals surface area contributed by atoms with Crippen LogP contribution in [0.25, 0.3) is 0 Å². The topological polar surface area (TPSA) is 69.7 Å². The molecule has 1 aliphatic carbocycles. The standard InChI is InChI=1S/C17H26ClN3O3S/c1-20(2)25(23,24)16-11-13(9-10-15(16)18)19-17(22)12-21(3)14-7-5-4-6-8-14/h9-11,14H,4-8,12H2,1-3H3,(H,19,22). The SMILES string of the molecule is CN(CC(=O)Nc1ccc(Cl)c(S(=O)(=O)N(C)C)c1)C1CCCCC1. The fraction of sp³-hybridized carbons (Fsp3) is 0.588. The minimum absolute atomic E-state index is 0.0161. The average Bonchev–Trinajstić information content (AvgIpc) is 2.57. The van der Waals surface area contributed by atoms with Crippen LogP contribution in [0.1, 0.15) is 32.1 Å². The van der Waals surface area contributed by atoms with Gasteiger partial charge in [0.15, 0.2) is 0 Å². The van der Waals surface area contributed by atoms with E-state index < -0.39 is 10.0 Å². The van der Waals surface area contributed by atoms with Crippen molar-refractivity contribution in [3.8, 4) is 0 Å². The van der Waals surface area contributed by atoms with E-state index in [4.69, 9.17) is 11.6 Å². The van der Waals surface area contributed by atoms with Crippen LogP contribution in [0.4, 0.5) is 5.69 Å². The predicted octanol–water partition coefficient (Wildman–Crippen LogP) is 2.79. The number of hydrogen-bond donors (Lipinski definition) is 1. The molecule has 0 unspecified atom stereocenters. The number of carbonyl (C=O) groups excluding carboxylic acids is 1. The Balaban J connectivity index is 2.06. The third-order valence-corrected chi connectivity index (χ3v) is 6.86. The van der Waals surface area contributed by atoms with Crippen LogP contribution in [0.15, 0.2) is 23.1 Å². The third kappa shape index (κ3) is 5.17. The van der Waals surface area contributed by atoms with Gasteiger partial charge in [0.1, 0.15) is 4.90 Å². The molecule has 0 atom stereocenters. The van der Waals surface area contributed by atoms with Crippen molar-refractivity contribution in [1.82, 2.24) is 9.21 Å². The molecule has 140 valence electrons. The Bertz CT molecular complexity index is 716. The minimum Gasteiger partial charge on any atom is -0.325 e. The molecule has 25 heavy (non-hydrogen) atoms. The molecule has 1 aromatic rings. The summed E-state index contributed by atoms with van der Waals surface area (Å²) in [5, 5.41) is 2.90. The number of halogens is 1. The number of anilines is 1. The van der Waals surface area contributed by atoms with E-state index in [1.807, 2.05) is 7.05 Å². The van der Waals surface area contributed by atoms with Crippen LogP contribution < -0.4 is 5.32 Å². The van der Waals surface area contributed by atoms with Gasteiger partial charge >= 0.3 is 0 Å². The van der Waals surface area contributed by atoms with E-state index >= 15 is 0 Å². The molecule has 1 aromatic carbocycles. The zero-order valence-corrected chi connectivity index (χ0v) is 16.5. The number of nitrogens with zero attached hydrogens (tertiary/aromatic N) is 2. The molecule has 1 fully saturated rings. The Hall–Kier alpha value is -1.15. The van der Waals surface area contributed by atoms with Gasteiger partial charge in [-0.25, -0.2) is 12.7 Å². The highest BCUT2D eigenvalue weighted by Crippen LogP contribution is 2.27. The van der Waals surface area contributed by atoms with Crippen LogP contribution in [0.5, 0.6) is 0 Å². The molecule has 6 nitrogen and oxygen atoms in total. The summed E-state index contributed by atoms with van der Waals surface area (Å²) in [6.07, 6.45) is 5.93. The lowest BCUT2D eigenvalue weighted by atomic mass is 9.94. The molecule has 0 bridgehead atoms. The largest absolute Gasteiger partial charge is 0.325 e. The van der Waals surface area contributed by atoms with Gasteiger partial charge in [-0.15, -0.1) is 0 Å². The summed E-state index contributed by atoms with van der Waals surface area (Å²) in [7, 11) is 1.17. The smallest absolute Gasteiger partial charge is 0.244 e. The molecule has 1 N–H and O–H groups in total. The lowest BCUT2D eigenvalue weighted by Crippen LogP contribution is -2.39. The molecule has 2 rings (SSSR count). The highest BCUT2D eigenvalue weighted by molar-refractivity contribution is 7.89. The molecule has 8 heteroatoms. The number of carbonyl (C=O) groups is 1. The second kappa shape index (κ2) is 8.49. The van der Waals surface area contributed by atoms with Crippen LogP contribution in [-0.2, 0) is 14.8 Å². The van der Waals surface area contributed by atoms with E-state index in [1.54, 1.807) is 6.07 Å². The number of benzene rings is 1. The number of amides is 1. The second-order valence-corrected chi connectivity index (χ2v) is 9.22. The Labute approximate surface area is 155 Å². The van der Waals surface area contributed by atoms with E-state index in [9.17, 15) is 13.2 Å². The molecule has 1 saturated carbocycles. The maximum Gasteiger partial charge on any atom is 0.244 e. The lowest BCUT2D eigenvalue weighted by molar-refractivity contribution is -0.117. The quantitative estimate of drug-likeness (QED) is 0.814. The monoisotopic (exact) mass is 387 g/mol. The molecule has 0 heterocycles. The van der Waals surface area contributed by atoms with Gasteiger partial charge in [-0.1, -0.05) is 30.9 Å². The zero-order valence-electron chi connectivity index (χ0n) is 15.0. The van der Waals surface area contributed by atoms with Gasteiger partial charge in [-0.3, -0.25) is 9.69 Å². The highest BCUT2D eigenvalue weighted by Gasteiger charge is 2.22. The molecule has 0 aromatic heterocycles. The number of likely N-dealkylation sites (N-methyl/N-ethyl adjacent to an activating group) is 1. The summed E-state index contributed by atoms with van der Waals surface area (Å²) in [5.74, 6) is -0.163. The van der Waals surface area contributed by atoms with E-state index in [0.29, 0.717) is 11.7 Å². The molecular weight excluding hydrogens is 362 g/mol. The fourth-order valence-corrected chi connectivity index (χ4v) is 4.45. The van der Waals surface area contributed by atoms with E-state index in [-0.39, 0.29) is 22.4 Å². The Morgan fingerprint density at radius 2 is 1.84 bits per heavy atom. The normalized spacial score (nSPS) is 16.4. The second-order valence-electron chi connectivity index (χ2n) is 6.69. The first-order chi connectivity index (χ1) is 11.7. The first kappa shape index (κ1) is 20.2. The van der Waals surface area contributed by atoms with Gasteiger partial charge in [-0.05, 0) is 38.1 Å². The van der Waals surface area contributed by atoms with Crippen LogP contribution in [0, 0.1) is 0 Å². The molecule has 0 spiro atoms. The van der Waals surface area contributed by atoms with Gasteiger partial charge in [0.25, 0.3) is 0 Å². The van der Waals surface area contributed by atoms with Crippen molar-refractivity contribution in [2.75, 3.05) is 33.0 Å². The zero-order chi connectivity index (χ0) is 18.6. The molecule has 1 amide bonds. The minimum atomic E-state index is -3.67. The number of hydrogen-bond acceptors (Lipinski definition) is 4. The summed E-state index contributed by atoms with van der Waals surface area (Å²) < 4.78 is 25.7. The van der Waals surface area contributed by atoms with Crippen molar-refractivity contribution in [3.05, 3.63) is 23.2 Å². The number of nitrogens with one attached hydrogen (secondary N) is 1. The van der Waals surface area contributed by atoms with E-state index in [2.05, 4.69) is 10.2 Å². The van der Waals surface area contributed by atoms with Crippen molar-refractivity contribution >= 4 is 33.2 Å². The van der Waals surface area contributed by atoms with Crippen LogP contribution in [0.2, 0.25) is 5.02 Å². The van der Waals surface area contributed by atoms with Crippen LogP contribution in [-0.4, -0.2) is 57.3 Å². The van der Waals surface area contributed by atoms with Crippen LogP contribution >= 0.6 is 11.6 Å². The first-order valence-corrected chi connectivity index (χ1v) is 10.3. The maximum absolute atomic E-state index is 12.3. The maximum atomic E-state index is 12.3. The fourth-order valence-electron chi connectivity index (χ4n) is 3.05. The Morgan fingerprint density at radius 3 is 2.44 bits per heavy atom. The summed E-state index contributed by atoms with van der Waals surface area (Å²) in [4.78, 5) is 14.4. The van der Waals surface area contributed by atoms with Gasteiger partial charge in [-0.2, -0.15) is 0 Å². The summed E-state index contributed by atoms with van der Waals surface area (Å²) in [5.41, 5.74) is 0.423. The van der Waals surface area contributed by atoms with Gasteiger partial charge < -0.3 is 5.32 Å². The Kier molecular flexibility index (Phi) is 6.85. The molecular formula is C17H26ClN3O3S. The average molecular weight is 388 g/mol. The molecule has 1 aliphatic rings. The van der Waals surface area contributed by atoms with Gasteiger partial charge in [0.2, 0.25) is 15.9 Å². The van der Waals surface area contributed by atoms with Crippen LogP contribution in [0.3, 0.4) is 0 Å².